The Morgan fingerprint density at radius 2 is 1.83 bits per heavy atom. The molecular weight excluding hydrogens is 402 g/mol. The Morgan fingerprint density at radius 3 is 2.37 bits per heavy atom. The molecule has 1 fully saturated rings. The second-order valence-corrected chi connectivity index (χ2v) is 7.10. The summed E-state index contributed by atoms with van der Waals surface area (Å²) in [4.78, 5) is 14.3. The number of amides is 1. The maximum Gasteiger partial charge on any atom is 0.573 e. The number of benzene rings is 2. The van der Waals surface area contributed by atoms with Crippen LogP contribution in [0.3, 0.4) is 0 Å². The largest absolute Gasteiger partial charge is 0.573 e. The number of carbonyl (C=O) groups excluding carboxylic acids is 1. The van der Waals surface area contributed by atoms with Crippen LogP contribution in [0.4, 0.5) is 22.4 Å². The van der Waals surface area contributed by atoms with Crippen LogP contribution in [-0.2, 0) is 10.3 Å². The second-order valence-electron chi connectivity index (χ2n) is 7.10. The van der Waals surface area contributed by atoms with Crippen LogP contribution in [-0.4, -0.2) is 23.9 Å². The number of halogens is 4. The van der Waals surface area contributed by atoms with Crippen LogP contribution in [0.1, 0.15) is 36.9 Å². The van der Waals surface area contributed by atoms with Crippen LogP contribution >= 0.6 is 0 Å². The van der Waals surface area contributed by atoms with Crippen molar-refractivity contribution >= 4 is 6.09 Å². The molecular formula is C22H21F4NO3. The summed E-state index contributed by atoms with van der Waals surface area (Å²) < 4.78 is 59.9. The van der Waals surface area contributed by atoms with Gasteiger partial charge in [0.2, 0.25) is 0 Å². The monoisotopic (exact) mass is 423 g/mol. The highest BCUT2D eigenvalue weighted by Crippen LogP contribution is 2.40. The number of cyclic esters (lactones) is 1. The number of hydrogen-bond donors (Lipinski definition) is 0. The number of ether oxygens (including phenoxy) is 2. The molecule has 0 spiro atoms. The zero-order valence-electron chi connectivity index (χ0n) is 16.3. The highest BCUT2D eigenvalue weighted by Gasteiger charge is 2.42. The van der Waals surface area contributed by atoms with E-state index in [0.717, 1.165) is 0 Å². The Balaban J connectivity index is 1.76. The maximum absolute atomic E-state index is 13.3. The van der Waals surface area contributed by atoms with E-state index < -0.39 is 24.1 Å². The van der Waals surface area contributed by atoms with E-state index in [1.54, 1.807) is 25.1 Å². The van der Waals surface area contributed by atoms with Crippen molar-refractivity contribution in [1.82, 2.24) is 4.90 Å². The van der Waals surface area contributed by atoms with Gasteiger partial charge in [-0.1, -0.05) is 30.3 Å². The van der Waals surface area contributed by atoms with Crippen molar-refractivity contribution in [3.63, 3.8) is 0 Å². The lowest BCUT2D eigenvalue weighted by Gasteiger charge is -2.43. The molecule has 2 atom stereocenters. The second kappa shape index (κ2) is 8.38. The van der Waals surface area contributed by atoms with Crippen LogP contribution in [0.2, 0.25) is 0 Å². The molecule has 1 saturated heterocycles. The highest BCUT2D eigenvalue weighted by atomic mass is 19.4. The maximum atomic E-state index is 13.3. The molecule has 0 unspecified atom stereocenters. The first-order chi connectivity index (χ1) is 14.1. The third kappa shape index (κ3) is 4.75. The molecule has 0 aromatic heterocycles. The molecule has 3 rings (SSSR count). The molecule has 0 bridgehead atoms. The van der Waals surface area contributed by atoms with Crippen LogP contribution < -0.4 is 4.74 Å². The minimum Gasteiger partial charge on any atom is -0.437 e. The lowest BCUT2D eigenvalue weighted by atomic mass is 9.85. The third-order valence-corrected chi connectivity index (χ3v) is 5.18. The number of alkyl halides is 3. The van der Waals surface area contributed by atoms with Gasteiger partial charge in [-0.15, -0.1) is 19.8 Å². The van der Waals surface area contributed by atoms with E-state index in [-0.39, 0.29) is 11.6 Å². The highest BCUT2D eigenvalue weighted by molar-refractivity contribution is 5.70. The first-order valence-corrected chi connectivity index (χ1v) is 9.36. The van der Waals surface area contributed by atoms with Gasteiger partial charge in [-0.25, -0.2) is 9.18 Å². The summed E-state index contributed by atoms with van der Waals surface area (Å²) >= 11 is 0. The molecule has 0 N–H and O–H groups in total. The van der Waals surface area contributed by atoms with Crippen LogP contribution in [0, 0.1) is 5.82 Å². The zero-order chi connectivity index (χ0) is 21.9. The summed E-state index contributed by atoms with van der Waals surface area (Å²) in [7, 11) is 0. The van der Waals surface area contributed by atoms with E-state index in [0.29, 0.717) is 30.5 Å². The summed E-state index contributed by atoms with van der Waals surface area (Å²) in [6.07, 6.45) is -2.85. The van der Waals surface area contributed by atoms with Gasteiger partial charge in [-0.3, -0.25) is 0 Å². The zero-order valence-corrected chi connectivity index (χ0v) is 16.3. The van der Waals surface area contributed by atoms with E-state index in [1.165, 1.54) is 41.3 Å². The minimum absolute atomic E-state index is 0.332. The third-order valence-electron chi connectivity index (χ3n) is 5.18. The Morgan fingerprint density at radius 1 is 1.20 bits per heavy atom. The Kier molecular flexibility index (Phi) is 6.05. The standard InChI is InChI=1S/C22H21F4NO3/c1-3-12-21(17-6-8-18(23)9-7-17)13-14-27(20(28)30-21)15(2)16-4-10-19(11-5-16)29-22(24,25)26/h3-11,15H,1,12-14H2,2H3/t15-,21+/m0/s1. The number of carbonyl (C=O) groups is 1. The summed E-state index contributed by atoms with van der Waals surface area (Å²) in [5.74, 6) is -0.719. The van der Waals surface area contributed by atoms with E-state index in [9.17, 15) is 22.4 Å². The average molecular weight is 423 g/mol. The molecule has 2 aromatic rings. The predicted molar refractivity (Wildman–Crippen MR) is 102 cm³/mol. The topological polar surface area (TPSA) is 38.8 Å². The number of rotatable bonds is 6. The van der Waals surface area contributed by atoms with Gasteiger partial charge in [-0.05, 0) is 42.3 Å². The van der Waals surface area contributed by atoms with Gasteiger partial charge in [-0.2, -0.15) is 0 Å². The molecule has 160 valence electrons. The Labute approximate surface area is 171 Å². The lowest BCUT2D eigenvalue weighted by Crippen LogP contribution is -2.48. The SMILES string of the molecule is C=CC[C@]1(c2ccc(F)cc2)CCN([C@@H](C)c2ccc(OC(F)(F)F)cc2)C(=O)O1. The smallest absolute Gasteiger partial charge is 0.437 e. The van der Waals surface area contributed by atoms with E-state index in [2.05, 4.69) is 11.3 Å². The fourth-order valence-electron chi connectivity index (χ4n) is 3.60. The van der Waals surface area contributed by atoms with Crippen molar-refractivity contribution in [2.45, 2.75) is 37.8 Å². The average Bonchev–Trinajstić information content (AvgIpc) is 2.68. The molecule has 0 radical (unpaired) electrons. The summed E-state index contributed by atoms with van der Waals surface area (Å²) in [6, 6.07) is 10.7. The van der Waals surface area contributed by atoms with Crippen molar-refractivity contribution in [3.05, 3.63) is 78.1 Å². The van der Waals surface area contributed by atoms with Crippen molar-refractivity contribution in [3.8, 4) is 5.75 Å². The van der Waals surface area contributed by atoms with Crippen LogP contribution in [0.15, 0.2) is 61.2 Å². The first kappa shape index (κ1) is 21.7. The molecule has 8 heteroatoms. The number of hydrogen-bond acceptors (Lipinski definition) is 3. The van der Waals surface area contributed by atoms with Crippen LogP contribution in [0.5, 0.6) is 5.75 Å². The van der Waals surface area contributed by atoms with Crippen molar-refractivity contribution in [2.24, 2.45) is 0 Å². The first-order valence-electron chi connectivity index (χ1n) is 9.36. The molecule has 2 aromatic carbocycles. The van der Waals surface area contributed by atoms with Crippen LogP contribution in [0.25, 0.3) is 0 Å². The summed E-state index contributed by atoms with van der Waals surface area (Å²) in [5, 5.41) is 0. The lowest BCUT2D eigenvalue weighted by molar-refractivity contribution is -0.274. The van der Waals surface area contributed by atoms with E-state index >= 15 is 0 Å². The van der Waals surface area contributed by atoms with Gasteiger partial charge < -0.3 is 14.4 Å². The van der Waals surface area contributed by atoms with E-state index in [1.807, 2.05) is 0 Å². The van der Waals surface area contributed by atoms with Gasteiger partial charge in [0.05, 0.1) is 6.04 Å². The number of nitrogens with zero attached hydrogens (tertiary/aromatic N) is 1. The molecule has 1 aliphatic heterocycles. The van der Waals surface area contributed by atoms with Gasteiger partial charge in [0, 0.05) is 19.4 Å². The molecule has 4 nitrogen and oxygen atoms in total. The normalized spacial score (nSPS) is 20.4. The predicted octanol–water partition coefficient (Wildman–Crippen LogP) is 6.10. The molecule has 30 heavy (non-hydrogen) atoms. The van der Waals surface area contributed by atoms with Crippen molar-refractivity contribution in [2.75, 3.05) is 6.54 Å². The van der Waals surface area contributed by atoms with Crippen molar-refractivity contribution < 1.29 is 31.8 Å². The molecule has 0 aliphatic carbocycles. The minimum atomic E-state index is -4.77. The Hall–Kier alpha value is -3.03. The van der Waals surface area contributed by atoms with E-state index in [4.69, 9.17) is 4.74 Å². The van der Waals surface area contributed by atoms with Gasteiger partial charge in [0.1, 0.15) is 17.2 Å². The van der Waals surface area contributed by atoms with Gasteiger partial charge in [0.15, 0.2) is 0 Å². The quantitative estimate of drug-likeness (QED) is 0.416. The van der Waals surface area contributed by atoms with Crippen molar-refractivity contribution in [1.29, 1.82) is 0 Å². The Bertz CT molecular complexity index is 896. The summed E-state index contributed by atoms with van der Waals surface area (Å²) in [5.41, 5.74) is 0.380. The molecule has 1 aliphatic rings. The van der Waals surface area contributed by atoms with Gasteiger partial charge >= 0.3 is 12.5 Å². The summed E-state index contributed by atoms with van der Waals surface area (Å²) in [6.45, 7) is 5.85. The fourth-order valence-corrected chi connectivity index (χ4v) is 3.60. The molecule has 1 amide bonds. The van der Waals surface area contributed by atoms with Gasteiger partial charge in [0.25, 0.3) is 0 Å². The molecule has 1 heterocycles. The fraction of sp³-hybridized carbons (Fsp3) is 0.318. The molecule has 0 saturated carbocycles.